The van der Waals surface area contributed by atoms with E-state index < -0.39 is 0 Å². The monoisotopic (exact) mass is 214 g/mol. The molecule has 0 saturated heterocycles. The predicted octanol–water partition coefficient (Wildman–Crippen LogP) is 2.19. The number of aldehydes is 1. The number of phenolic OH excluding ortho intramolecular Hbond substituents is 1. The number of carbonyl (C=O) groups is 1. The van der Waals surface area contributed by atoms with Crippen molar-refractivity contribution in [3.05, 3.63) is 22.7 Å². The molecule has 0 aliphatic heterocycles. The van der Waals surface area contributed by atoms with Crippen LogP contribution in [0.3, 0.4) is 0 Å². The average Bonchev–Trinajstić information content (AvgIpc) is 2.20. The second-order valence-corrected chi connectivity index (χ2v) is 3.20. The maximum Gasteiger partial charge on any atom is 0.177 e. The van der Waals surface area contributed by atoms with Gasteiger partial charge < -0.3 is 14.6 Å². The number of carbonyl (C=O) groups excluding carboxylic acids is 1. The Morgan fingerprint density at radius 3 is 2.86 bits per heavy atom. The second kappa shape index (κ2) is 4.86. The summed E-state index contributed by atoms with van der Waals surface area (Å²) in [7, 11) is 1.45. The average molecular weight is 215 g/mol. The van der Waals surface area contributed by atoms with E-state index in [1.165, 1.54) is 7.11 Å². The number of hydrogen-bond donors (Lipinski definition) is 1. The summed E-state index contributed by atoms with van der Waals surface area (Å²) in [4.78, 5) is 10.2. The van der Waals surface area contributed by atoms with Gasteiger partial charge in [-0.05, 0) is 18.1 Å². The van der Waals surface area contributed by atoms with Crippen molar-refractivity contribution in [2.45, 2.75) is 12.8 Å². The molecule has 0 atom stereocenters. The number of halogens is 1. The zero-order valence-electron chi connectivity index (χ0n) is 7.79. The zero-order valence-corrected chi connectivity index (χ0v) is 8.54. The Hall–Kier alpha value is -1.22. The van der Waals surface area contributed by atoms with Crippen LogP contribution in [0.1, 0.15) is 12.0 Å². The highest BCUT2D eigenvalue weighted by molar-refractivity contribution is 6.32. The predicted molar refractivity (Wildman–Crippen MR) is 54.1 cm³/mol. The number of aromatic hydroxyl groups is 1. The number of phenols is 1. The van der Waals surface area contributed by atoms with Crippen molar-refractivity contribution in [2.75, 3.05) is 7.11 Å². The number of aryl methyl sites for hydroxylation is 1. The van der Waals surface area contributed by atoms with Gasteiger partial charge in [-0.25, -0.2) is 0 Å². The van der Waals surface area contributed by atoms with Gasteiger partial charge in [0.05, 0.1) is 12.1 Å². The molecule has 1 aromatic rings. The normalized spacial score (nSPS) is 9.86. The number of benzene rings is 1. The Kier molecular flexibility index (Phi) is 3.77. The molecule has 0 amide bonds. The Labute approximate surface area is 87.3 Å². The van der Waals surface area contributed by atoms with Gasteiger partial charge in [-0.2, -0.15) is 0 Å². The molecule has 0 aliphatic carbocycles. The standard InChI is InChI=1S/C10H11ClO3/c1-14-10-7(3-2-6-12)4-5-8(11)9(10)13/h4-6,13H,2-3H2,1H3. The van der Waals surface area contributed by atoms with E-state index in [2.05, 4.69) is 0 Å². The van der Waals surface area contributed by atoms with Crippen LogP contribution in [0.25, 0.3) is 0 Å². The van der Waals surface area contributed by atoms with Gasteiger partial charge in [-0.1, -0.05) is 17.7 Å². The number of ether oxygens (including phenoxy) is 1. The fraction of sp³-hybridized carbons (Fsp3) is 0.300. The van der Waals surface area contributed by atoms with Gasteiger partial charge in [0.1, 0.15) is 6.29 Å². The highest BCUT2D eigenvalue weighted by atomic mass is 35.5. The van der Waals surface area contributed by atoms with Crippen LogP contribution in [0.15, 0.2) is 12.1 Å². The lowest BCUT2D eigenvalue weighted by Gasteiger charge is -2.09. The fourth-order valence-corrected chi connectivity index (χ4v) is 1.38. The van der Waals surface area contributed by atoms with Gasteiger partial charge in [0.25, 0.3) is 0 Å². The van der Waals surface area contributed by atoms with E-state index in [-0.39, 0.29) is 10.8 Å². The molecule has 14 heavy (non-hydrogen) atoms. The van der Waals surface area contributed by atoms with Crippen LogP contribution < -0.4 is 4.74 Å². The molecule has 0 aliphatic rings. The smallest absolute Gasteiger partial charge is 0.177 e. The Balaban J connectivity index is 3.03. The first-order chi connectivity index (χ1) is 6.70. The summed E-state index contributed by atoms with van der Waals surface area (Å²) < 4.78 is 5.00. The molecule has 0 aromatic heterocycles. The Bertz CT molecular complexity index is 336. The van der Waals surface area contributed by atoms with E-state index in [4.69, 9.17) is 16.3 Å². The van der Waals surface area contributed by atoms with Gasteiger partial charge in [-0.15, -0.1) is 0 Å². The van der Waals surface area contributed by atoms with Crippen molar-refractivity contribution in [1.82, 2.24) is 0 Å². The first kappa shape index (κ1) is 10.9. The molecular formula is C10H11ClO3. The van der Waals surface area contributed by atoms with Gasteiger partial charge in [0.15, 0.2) is 11.5 Å². The highest BCUT2D eigenvalue weighted by Gasteiger charge is 2.11. The van der Waals surface area contributed by atoms with Crippen LogP contribution in [0.2, 0.25) is 5.02 Å². The summed E-state index contributed by atoms with van der Waals surface area (Å²) in [5.74, 6) is 0.275. The van der Waals surface area contributed by atoms with Crippen LogP contribution in [-0.2, 0) is 11.2 Å². The van der Waals surface area contributed by atoms with E-state index >= 15 is 0 Å². The summed E-state index contributed by atoms with van der Waals surface area (Å²) in [6.45, 7) is 0. The van der Waals surface area contributed by atoms with Crippen molar-refractivity contribution >= 4 is 17.9 Å². The maximum atomic E-state index is 10.2. The van der Waals surface area contributed by atoms with Crippen molar-refractivity contribution in [1.29, 1.82) is 0 Å². The zero-order chi connectivity index (χ0) is 10.6. The van der Waals surface area contributed by atoms with Crippen LogP contribution in [0, 0.1) is 0 Å². The lowest BCUT2D eigenvalue weighted by Crippen LogP contribution is -1.93. The molecule has 3 nitrogen and oxygen atoms in total. The topological polar surface area (TPSA) is 46.5 Å². The van der Waals surface area contributed by atoms with Crippen LogP contribution >= 0.6 is 11.6 Å². The van der Waals surface area contributed by atoms with Gasteiger partial charge in [0.2, 0.25) is 0 Å². The third-order valence-corrected chi connectivity index (χ3v) is 2.20. The molecule has 76 valence electrons. The molecule has 1 aromatic carbocycles. The van der Waals surface area contributed by atoms with E-state index in [9.17, 15) is 9.90 Å². The lowest BCUT2D eigenvalue weighted by atomic mass is 10.1. The molecule has 0 unspecified atom stereocenters. The molecule has 1 N–H and O–H groups in total. The quantitative estimate of drug-likeness (QED) is 0.782. The van der Waals surface area contributed by atoms with E-state index in [0.717, 1.165) is 11.8 Å². The molecular weight excluding hydrogens is 204 g/mol. The largest absolute Gasteiger partial charge is 0.503 e. The van der Waals surface area contributed by atoms with Gasteiger partial charge in [0, 0.05) is 6.42 Å². The summed E-state index contributed by atoms with van der Waals surface area (Å²) >= 11 is 5.70. The summed E-state index contributed by atoms with van der Waals surface area (Å²) in [5.41, 5.74) is 0.779. The second-order valence-electron chi connectivity index (χ2n) is 2.79. The minimum Gasteiger partial charge on any atom is -0.503 e. The maximum absolute atomic E-state index is 10.2. The third kappa shape index (κ3) is 2.17. The minimum atomic E-state index is -0.0717. The van der Waals surface area contributed by atoms with Crippen molar-refractivity contribution in [3.63, 3.8) is 0 Å². The summed E-state index contributed by atoms with van der Waals surface area (Å²) in [6.07, 6.45) is 1.76. The number of rotatable bonds is 4. The van der Waals surface area contributed by atoms with Crippen LogP contribution in [0.5, 0.6) is 11.5 Å². The molecule has 0 heterocycles. The highest BCUT2D eigenvalue weighted by Crippen LogP contribution is 2.36. The van der Waals surface area contributed by atoms with Crippen molar-refractivity contribution in [2.24, 2.45) is 0 Å². The molecule has 0 saturated carbocycles. The molecule has 1 rings (SSSR count). The van der Waals surface area contributed by atoms with Crippen LogP contribution in [0.4, 0.5) is 0 Å². The molecule has 0 spiro atoms. The molecule has 0 bridgehead atoms. The Morgan fingerprint density at radius 2 is 2.29 bits per heavy atom. The molecule has 0 fully saturated rings. The third-order valence-electron chi connectivity index (χ3n) is 1.90. The van der Waals surface area contributed by atoms with Crippen molar-refractivity contribution in [3.8, 4) is 11.5 Å². The first-order valence-electron chi connectivity index (χ1n) is 4.18. The van der Waals surface area contributed by atoms with E-state index in [0.29, 0.717) is 18.6 Å². The molecule has 4 heteroatoms. The minimum absolute atomic E-state index is 0.0717. The molecule has 0 radical (unpaired) electrons. The fourth-order valence-electron chi connectivity index (χ4n) is 1.23. The van der Waals surface area contributed by atoms with E-state index in [1.807, 2.05) is 0 Å². The number of hydrogen-bond acceptors (Lipinski definition) is 3. The first-order valence-corrected chi connectivity index (χ1v) is 4.56. The summed E-state index contributed by atoms with van der Waals surface area (Å²) in [5, 5.41) is 9.78. The SMILES string of the molecule is COc1c(CCC=O)ccc(Cl)c1O. The van der Waals surface area contributed by atoms with Crippen molar-refractivity contribution < 1.29 is 14.6 Å². The van der Waals surface area contributed by atoms with E-state index in [1.54, 1.807) is 12.1 Å². The van der Waals surface area contributed by atoms with Gasteiger partial charge >= 0.3 is 0 Å². The number of methoxy groups -OCH3 is 1. The van der Waals surface area contributed by atoms with Crippen LogP contribution in [-0.4, -0.2) is 18.5 Å². The van der Waals surface area contributed by atoms with Gasteiger partial charge in [-0.3, -0.25) is 0 Å². The Morgan fingerprint density at radius 1 is 1.57 bits per heavy atom. The summed E-state index contributed by atoms with van der Waals surface area (Å²) in [6, 6.07) is 3.32. The lowest BCUT2D eigenvalue weighted by molar-refractivity contribution is -0.107.